The van der Waals surface area contributed by atoms with Gasteiger partial charge in [-0.05, 0) is 100 Å². The molecule has 0 aliphatic rings. The number of amides is 3. The summed E-state index contributed by atoms with van der Waals surface area (Å²) >= 11 is 0. The van der Waals surface area contributed by atoms with E-state index in [2.05, 4.69) is 24.5 Å². The summed E-state index contributed by atoms with van der Waals surface area (Å²) in [5, 5.41) is 8.10. The Morgan fingerprint density at radius 3 is 2.13 bits per heavy atom. The van der Waals surface area contributed by atoms with Crippen LogP contribution in [0.2, 0.25) is 0 Å². The lowest BCUT2D eigenvalue weighted by atomic mass is 9.91. The summed E-state index contributed by atoms with van der Waals surface area (Å²) in [5.74, 6) is -0.388. The molecule has 3 amide bonds. The number of hydrogen-bond donors (Lipinski definition) is 2. The maximum absolute atomic E-state index is 14.8. The molecular formula is C38H53N3O4. The number of fused-ring (bicyclic) bond motifs is 1. The molecular weight excluding hydrogens is 562 g/mol. The number of carbonyl (C=O) groups excluding carboxylic acids is 3. The Morgan fingerprint density at radius 1 is 0.867 bits per heavy atom. The molecule has 3 aromatic carbocycles. The second-order valence-electron chi connectivity index (χ2n) is 13.9. The average molecular weight is 616 g/mol. The Balaban J connectivity index is 2.15. The molecule has 244 valence electrons. The van der Waals surface area contributed by atoms with Gasteiger partial charge in [0.2, 0.25) is 5.91 Å². The number of aryl methyl sites for hydroxylation is 2. The van der Waals surface area contributed by atoms with E-state index < -0.39 is 23.8 Å². The normalized spacial score (nSPS) is 14.4. The number of hydrogen-bond acceptors (Lipinski definition) is 4. The SMILES string of the molecule is CCC(C)C(NC(=O)OC(C)(C)C)C(=O)N(C(C)CCC(C)C)C(C(=O)Nc1ccc2ccccc2c1)c1ccc(C)cc1C. The molecule has 0 aliphatic heterocycles. The lowest BCUT2D eigenvalue weighted by molar-refractivity contribution is -0.144. The van der Waals surface area contributed by atoms with Crippen LogP contribution in [0.1, 0.15) is 97.4 Å². The molecule has 0 heterocycles. The minimum absolute atomic E-state index is 0.201. The Bertz CT molecular complexity index is 1480. The summed E-state index contributed by atoms with van der Waals surface area (Å²) in [6.45, 7) is 19.6. The third-order valence-corrected chi connectivity index (χ3v) is 8.31. The second-order valence-corrected chi connectivity index (χ2v) is 13.9. The highest BCUT2D eigenvalue weighted by Crippen LogP contribution is 2.32. The first-order valence-electron chi connectivity index (χ1n) is 16.3. The Labute approximate surface area is 270 Å². The zero-order chi connectivity index (χ0) is 33.5. The molecule has 0 fully saturated rings. The fraction of sp³-hybridized carbons (Fsp3) is 0.500. The molecule has 7 nitrogen and oxygen atoms in total. The minimum atomic E-state index is -0.932. The van der Waals surface area contributed by atoms with Crippen molar-refractivity contribution < 1.29 is 19.1 Å². The number of anilines is 1. The third-order valence-electron chi connectivity index (χ3n) is 8.31. The van der Waals surface area contributed by atoms with Gasteiger partial charge in [-0.25, -0.2) is 4.79 Å². The van der Waals surface area contributed by atoms with E-state index in [1.54, 1.807) is 25.7 Å². The highest BCUT2D eigenvalue weighted by atomic mass is 16.6. The summed E-state index contributed by atoms with van der Waals surface area (Å²) in [6.07, 6.45) is 1.58. The van der Waals surface area contributed by atoms with Crippen molar-refractivity contribution >= 4 is 34.4 Å². The average Bonchev–Trinajstić information content (AvgIpc) is 2.96. The van der Waals surface area contributed by atoms with Crippen LogP contribution in [0.3, 0.4) is 0 Å². The van der Waals surface area contributed by atoms with Crippen molar-refractivity contribution in [1.82, 2.24) is 10.2 Å². The van der Waals surface area contributed by atoms with Gasteiger partial charge in [-0.3, -0.25) is 9.59 Å². The highest BCUT2D eigenvalue weighted by Gasteiger charge is 2.41. The zero-order valence-corrected chi connectivity index (χ0v) is 28.9. The van der Waals surface area contributed by atoms with Crippen molar-refractivity contribution in [2.24, 2.45) is 11.8 Å². The minimum Gasteiger partial charge on any atom is -0.444 e. The van der Waals surface area contributed by atoms with Crippen LogP contribution in [0, 0.1) is 25.7 Å². The summed E-state index contributed by atoms with van der Waals surface area (Å²) in [7, 11) is 0. The molecule has 0 saturated carbocycles. The van der Waals surface area contributed by atoms with Crippen molar-refractivity contribution in [3.05, 3.63) is 77.4 Å². The number of rotatable bonds is 12. The maximum Gasteiger partial charge on any atom is 0.408 e. The van der Waals surface area contributed by atoms with Crippen molar-refractivity contribution in [1.29, 1.82) is 0 Å². The lowest BCUT2D eigenvalue weighted by Gasteiger charge is -2.40. The largest absolute Gasteiger partial charge is 0.444 e. The van der Waals surface area contributed by atoms with Crippen LogP contribution in [0.5, 0.6) is 0 Å². The molecule has 0 aliphatic carbocycles. The summed E-state index contributed by atoms with van der Waals surface area (Å²) in [5.41, 5.74) is 2.67. The molecule has 2 N–H and O–H groups in total. The summed E-state index contributed by atoms with van der Waals surface area (Å²) in [4.78, 5) is 44.1. The molecule has 4 atom stereocenters. The molecule has 0 aromatic heterocycles. The standard InChI is InChI=1S/C38H53N3O4/c1-11-26(5)33(40-37(44)45-38(8,9)10)36(43)41(28(7)18-16-24(2)3)34(32-21-17-25(4)22-27(32)6)35(42)39-31-20-19-29-14-12-13-15-30(29)23-31/h12-15,17,19-24,26,28,33-34H,11,16,18H2,1-10H3,(H,39,42)(H,40,44). The van der Waals surface area contributed by atoms with Crippen molar-refractivity contribution in [3.8, 4) is 0 Å². The molecule has 7 heteroatoms. The molecule has 0 radical (unpaired) electrons. The monoisotopic (exact) mass is 615 g/mol. The van der Waals surface area contributed by atoms with E-state index in [1.807, 2.05) is 95.3 Å². The Kier molecular flexibility index (Phi) is 12.2. The van der Waals surface area contributed by atoms with Gasteiger partial charge in [0.25, 0.3) is 5.91 Å². The summed E-state index contributed by atoms with van der Waals surface area (Å²) in [6, 6.07) is 17.7. The van der Waals surface area contributed by atoms with E-state index in [4.69, 9.17) is 4.74 Å². The van der Waals surface area contributed by atoms with Gasteiger partial charge in [-0.2, -0.15) is 0 Å². The van der Waals surface area contributed by atoms with Gasteiger partial charge in [0.1, 0.15) is 17.7 Å². The smallest absolute Gasteiger partial charge is 0.408 e. The van der Waals surface area contributed by atoms with E-state index in [-0.39, 0.29) is 23.8 Å². The van der Waals surface area contributed by atoms with Crippen LogP contribution < -0.4 is 10.6 Å². The van der Waals surface area contributed by atoms with Gasteiger partial charge < -0.3 is 20.3 Å². The lowest BCUT2D eigenvalue weighted by Crippen LogP contribution is -2.57. The molecule has 0 spiro atoms. The van der Waals surface area contributed by atoms with Crippen molar-refractivity contribution in [2.45, 2.75) is 112 Å². The second kappa shape index (κ2) is 15.4. The van der Waals surface area contributed by atoms with Crippen molar-refractivity contribution in [2.75, 3.05) is 5.32 Å². The fourth-order valence-corrected chi connectivity index (χ4v) is 5.62. The van der Waals surface area contributed by atoms with Crippen LogP contribution in [0.25, 0.3) is 10.8 Å². The predicted octanol–water partition coefficient (Wildman–Crippen LogP) is 8.73. The molecule has 4 unspecified atom stereocenters. The first-order chi connectivity index (χ1) is 21.1. The van der Waals surface area contributed by atoms with Crippen LogP contribution >= 0.6 is 0 Å². The molecule has 3 rings (SSSR count). The molecule has 3 aromatic rings. The van der Waals surface area contributed by atoms with Gasteiger partial charge >= 0.3 is 6.09 Å². The topological polar surface area (TPSA) is 87.7 Å². The predicted molar refractivity (Wildman–Crippen MR) is 184 cm³/mol. The van der Waals surface area contributed by atoms with E-state index in [1.165, 1.54) is 0 Å². The third kappa shape index (κ3) is 9.81. The van der Waals surface area contributed by atoms with Crippen LogP contribution in [-0.2, 0) is 14.3 Å². The Hall–Kier alpha value is -3.87. The van der Waals surface area contributed by atoms with Gasteiger partial charge in [-0.1, -0.05) is 88.2 Å². The first kappa shape index (κ1) is 35.6. The van der Waals surface area contributed by atoms with Gasteiger partial charge in [0.05, 0.1) is 0 Å². The maximum atomic E-state index is 14.8. The van der Waals surface area contributed by atoms with Gasteiger partial charge in [0, 0.05) is 11.7 Å². The number of nitrogens with zero attached hydrogens (tertiary/aromatic N) is 1. The van der Waals surface area contributed by atoms with Crippen LogP contribution in [0.4, 0.5) is 10.5 Å². The number of ether oxygens (including phenoxy) is 1. The quantitative estimate of drug-likeness (QED) is 0.213. The van der Waals surface area contributed by atoms with E-state index >= 15 is 0 Å². The number of alkyl carbamates (subject to hydrolysis) is 1. The van der Waals surface area contributed by atoms with Crippen LogP contribution in [-0.4, -0.2) is 40.5 Å². The van der Waals surface area contributed by atoms with Gasteiger partial charge in [-0.15, -0.1) is 0 Å². The Morgan fingerprint density at radius 2 is 1.53 bits per heavy atom. The van der Waals surface area contributed by atoms with Crippen molar-refractivity contribution in [3.63, 3.8) is 0 Å². The van der Waals surface area contributed by atoms with E-state index in [9.17, 15) is 14.4 Å². The number of nitrogens with one attached hydrogen (secondary N) is 2. The molecule has 45 heavy (non-hydrogen) atoms. The molecule has 0 saturated heterocycles. The number of benzene rings is 3. The van der Waals surface area contributed by atoms with E-state index in [0.29, 0.717) is 24.4 Å². The van der Waals surface area contributed by atoms with E-state index in [0.717, 1.165) is 33.9 Å². The number of carbonyl (C=O) groups is 3. The zero-order valence-electron chi connectivity index (χ0n) is 28.9. The fourth-order valence-electron chi connectivity index (χ4n) is 5.62. The molecule has 0 bridgehead atoms. The first-order valence-corrected chi connectivity index (χ1v) is 16.3. The highest BCUT2D eigenvalue weighted by molar-refractivity contribution is 6.00. The summed E-state index contributed by atoms with van der Waals surface area (Å²) < 4.78 is 5.57. The van der Waals surface area contributed by atoms with Gasteiger partial charge in [0.15, 0.2) is 0 Å². The van der Waals surface area contributed by atoms with Crippen LogP contribution in [0.15, 0.2) is 60.7 Å².